The average Bonchev–Trinajstić information content (AvgIpc) is 2.22. The Hall–Kier alpha value is -1.34. The molecule has 4 N–H and O–H groups in total. The fourth-order valence-corrected chi connectivity index (χ4v) is 1.95. The highest BCUT2D eigenvalue weighted by molar-refractivity contribution is 5.82. The number of nitrogens with zero attached hydrogens (tertiary/aromatic N) is 1. The van der Waals surface area contributed by atoms with E-state index in [0.29, 0.717) is 19.4 Å². The molecule has 0 spiro atoms. The number of hydrogen-bond donors (Lipinski definition) is 4. The fraction of sp³-hybridized carbons (Fsp3) is 0.818. The Morgan fingerprint density at radius 2 is 2.00 bits per heavy atom. The van der Waals surface area contributed by atoms with Crippen molar-refractivity contribution in [2.24, 2.45) is 5.92 Å². The maximum Gasteiger partial charge on any atom is 0.328 e. The van der Waals surface area contributed by atoms with E-state index in [2.05, 4.69) is 5.32 Å². The lowest BCUT2D eigenvalue weighted by atomic mass is 9.82. The topological polar surface area (TPSA) is 110 Å². The van der Waals surface area contributed by atoms with Gasteiger partial charge in [-0.2, -0.15) is 0 Å². The summed E-state index contributed by atoms with van der Waals surface area (Å²) < 4.78 is 0. The molecule has 2 atom stereocenters. The van der Waals surface area contributed by atoms with Gasteiger partial charge in [0.1, 0.15) is 0 Å². The van der Waals surface area contributed by atoms with Gasteiger partial charge in [0.05, 0.1) is 12.2 Å². The van der Waals surface area contributed by atoms with E-state index in [4.69, 9.17) is 10.2 Å². The molecule has 1 aliphatic rings. The van der Waals surface area contributed by atoms with Gasteiger partial charge >= 0.3 is 12.0 Å². The van der Waals surface area contributed by atoms with Crippen molar-refractivity contribution in [1.29, 1.82) is 0 Å². The minimum Gasteiger partial charge on any atom is -0.480 e. The van der Waals surface area contributed by atoms with Gasteiger partial charge < -0.3 is 25.5 Å². The number of rotatable bonds is 5. The number of urea groups is 1. The third-order valence-electron chi connectivity index (χ3n) is 3.12. The van der Waals surface area contributed by atoms with Gasteiger partial charge in [0.15, 0.2) is 6.04 Å². The molecular formula is C11H20N2O5. The van der Waals surface area contributed by atoms with E-state index in [1.807, 2.05) is 0 Å². The van der Waals surface area contributed by atoms with Crippen LogP contribution < -0.4 is 5.32 Å². The van der Waals surface area contributed by atoms with Crippen molar-refractivity contribution >= 4 is 12.0 Å². The first-order valence-electron chi connectivity index (χ1n) is 5.91. The van der Waals surface area contributed by atoms with Crippen LogP contribution in [0.15, 0.2) is 0 Å². The van der Waals surface area contributed by atoms with Gasteiger partial charge in [-0.1, -0.05) is 0 Å². The van der Waals surface area contributed by atoms with Gasteiger partial charge in [-0.3, -0.25) is 0 Å². The molecule has 2 amide bonds. The maximum absolute atomic E-state index is 11.7. The molecule has 7 nitrogen and oxygen atoms in total. The number of aliphatic hydroxyl groups excluding tert-OH is 2. The Kier molecular flexibility index (Phi) is 4.92. The zero-order valence-electron chi connectivity index (χ0n) is 10.5. The lowest BCUT2D eigenvalue weighted by Gasteiger charge is -2.34. The van der Waals surface area contributed by atoms with E-state index in [9.17, 15) is 14.7 Å². The second-order valence-corrected chi connectivity index (χ2v) is 4.88. The number of carboxylic acids is 1. The van der Waals surface area contributed by atoms with E-state index < -0.39 is 24.1 Å². The average molecular weight is 260 g/mol. The zero-order valence-corrected chi connectivity index (χ0v) is 10.5. The predicted octanol–water partition coefficient (Wildman–Crippen LogP) is -0.767. The summed E-state index contributed by atoms with van der Waals surface area (Å²) >= 11 is 0. The molecule has 2 unspecified atom stereocenters. The molecule has 0 radical (unpaired) electrons. The minimum absolute atomic E-state index is 0.255. The summed E-state index contributed by atoms with van der Waals surface area (Å²) in [6.45, 7) is 1.77. The van der Waals surface area contributed by atoms with E-state index in [1.54, 1.807) is 7.05 Å². The van der Waals surface area contributed by atoms with Gasteiger partial charge in [-0.25, -0.2) is 9.59 Å². The van der Waals surface area contributed by atoms with Crippen molar-refractivity contribution in [3.05, 3.63) is 0 Å². The molecular weight excluding hydrogens is 240 g/mol. The minimum atomic E-state index is -1.31. The van der Waals surface area contributed by atoms with Gasteiger partial charge in [-0.05, 0) is 25.7 Å². The molecule has 0 bridgehead atoms. The molecule has 0 heterocycles. The summed E-state index contributed by atoms with van der Waals surface area (Å²) in [5, 5.41) is 29.4. The molecule has 18 heavy (non-hydrogen) atoms. The van der Waals surface area contributed by atoms with E-state index in [-0.39, 0.29) is 12.0 Å². The van der Waals surface area contributed by atoms with E-state index >= 15 is 0 Å². The predicted molar refractivity (Wildman–Crippen MR) is 63.0 cm³/mol. The smallest absolute Gasteiger partial charge is 0.328 e. The molecule has 1 rings (SSSR count). The monoisotopic (exact) mass is 260 g/mol. The lowest BCUT2D eigenvalue weighted by molar-refractivity contribution is -0.141. The Morgan fingerprint density at radius 1 is 1.44 bits per heavy atom. The molecule has 104 valence electrons. The highest BCUT2D eigenvalue weighted by Gasteiger charge is 2.31. The first-order chi connectivity index (χ1) is 8.31. The third-order valence-corrected chi connectivity index (χ3v) is 3.12. The maximum atomic E-state index is 11.7. The standard InChI is InChI=1S/C11H20N2O5/c1-6(14)9(10(16)17)12-11(18)13(2)5-7-3-8(15)4-7/h6-9,14-15H,3-5H2,1-2H3,(H,12,18)(H,16,17). The Labute approximate surface area is 105 Å². The van der Waals surface area contributed by atoms with Crippen LogP contribution in [0.3, 0.4) is 0 Å². The van der Waals surface area contributed by atoms with E-state index in [1.165, 1.54) is 11.8 Å². The summed E-state index contributed by atoms with van der Waals surface area (Å²) in [6, 6.07) is -1.85. The molecule has 1 aliphatic carbocycles. The molecule has 7 heteroatoms. The number of carboxylic acid groups (broad SMARTS) is 1. The zero-order chi connectivity index (χ0) is 13.9. The number of aliphatic carboxylic acids is 1. The third kappa shape index (κ3) is 3.85. The highest BCUT2D eigenvalue weighted by Crippen LogP contribution is 2.27. The van der Waals surface area contributed by atoms with Crippen molar-refractivity contribution in [1.82, 2.24) is 10.2 Å². The quantitative estimate of drug-likeness (QED) is 0.519. The van der Waals surface area contributed by atoms with Crippen molar-refractivity contribution in [3.8, 4) is 0 Å². The number of carbonyl (C=O) groups excluding carboxylic acids is 1. The number of hydrogen-bond acceptors (Lipinski definition) is 4. The number of carbonyl (C=O) groups is 2. The first kappa shape index (κ1) is 14.7. The van der Waals surface area contributed by atoms with Crippen LogP contribution in [0.1, 0.15) is 19.8 Å². The number of aliphatic hydroxyl groups is 2. The molecule has 0 aliphatic heterocycles. The number of amides is 2. The van der Waals surface area contributed by atoms with Crippen molar-refractivity contribution < 1.29 is 24.9 Å². The van der Waals surface area contributed by atoms with Crippen LogP contribution in [0.25, 0.3) is 0 Å². The normalized spacial score (nSPS) is 25.8. The summed E-state index contributed by atoms with van der Waals surface area (Å²) in [4.78, 5) is 23.9. The SMILES string of the molecule is CC(O)C(NC(=O)N(C)CC1CC(O)C1)C(=O)O. The fourth-order valence-electron chi connectivity index (χ4n) is 1.95. The summed E-state index contributed by atoms with van der Waals surface area (Å²) in [5.41, 5.74) is 0. The van der Waals surface area contributed by atoms with Crippen LogP contribution in [0.5, 0.6) is 0 Å². The summed E-state index contributed by atoms with van der Waals surface area (Å²) in [7, 11) is 1.56. The van der Waals surface area contributed by atoms with Gasteiger partial charge in [0.2, 0.25) is 0 Å². The highest BCUT2D eigenvalue weighted by atomic mass is 16.4. The summed E-state index contributed by atoms with van der Waals surface area (Å²) in [6.07, 6.45) is -0.117. The number of nitrogens with one attached hydrogen (secondary N) is 1. The van der Waals surface area contributed by atoms with Gasteiger partial charge in [-0.15, -0.1) is 0 Å². The Morgan fingerprint density at radius 3 is 2.39 bits per heavy atom. The lowest BCUT2D eigenvalue weighted by Crippen LogP contribution is -2.52. The molecule has 0 saturated heterocycles. The first-order valence-corrected chi connectivity index (χ1v) is 5.91. The van der Waals surface area contributed by atoms with Gasteiger partial charge in [0.25, 0.3) is 0 Å². The van der Waals surface area contributed by atoms with Crippen LogP contribution in [0, 0.1) is 5.92 Å². The Balaban J connectivity index is 2.40. The second-order valence-electron chi connectivity index (χ2n) is 4.88. The second kappa shape index (κ2) is 6.01. The van der Waals surface area contributed by atoms with Crippen LogP contribution in [-0.4, -0.2) is 64.1 Å². The largest absolute Gasteiger partial charge is 0.480 e. The van der Waals surface area contributed by atoms with Crippen molar-refractivity contribution in [3.63, 3.8) is 0 Å². The van der Waals surface area contributed by atoms with Crippen molar-refractivity contribution in [2.45, 2.75) is 38.0 Å². The molecule has 0 aromatic rings. The van der Waals surface area contributed by atoms with Gasteiger partial charge in [0, 0.05) is 13.6 Å². The van der Waals surface area contributed by atoms with Crippen LogP contribution in [-0.2, 0) is 4.79 Å². The van der Waals surface area contributed by atoms with Crippen LogP contribution in [0.4, 0.5) is 4.79 Å². The molecule has 1 fully saturated rings. The van der Waals surface area contributed by atoms with Crippen LogP contribution >= 0.6 is 0 Å². The van der Waals surface area contributed by atoms with Crippen LogP contribution in [0.2, 0.25) is 0 Å². The van der Waals surface area contributed by atoms with E-state index in [0.717, 1.165) is 0 Å². The van der Waals surface area contributed by atoms with Crippen molar-refractivity contribution in [2.75, 3.05) is 13.6 Å². The molecule has 1 saturated carbocycles. The Bertz CT molecular complexity index is 315. The molecule has 0 aromatic carbocycles. The summed E-state index contributed by atoms with van der Waals surface area (Å²) in [5.74, 6) is -1.02. The molecule has 0 aromatic heterocycles.